The van der Waals surface area contributed by atoms with Crippen molar-refractivity contribution in [1.82, 2.24) is 19.7 Å². The van der Waals surface area contributed by atoms with Crippen molar-refractivity contribution in [2.75, 3.05) is 10.7 Å². The molecule has 1 rings (SSSR count). The van der Waals surface area contributed by atoms with Crippen molar-refractivity contribution in [2.45, 2.75) is 17.5 Å². The first kappa shape index (κ1) is 15.5. The maximum absolute atomic E-state index is 12.2. The molecule has 1 aromatic heterocycles. The van der Waals surface area contributed by atoms with Crippen LogP contribution < -0.4 is 4.72 Å². The highest BCUT2D eigenvalue weighted by Crippen LogP contribution is 2.21. The van der Waals surface area contributed by atoms with Crippen LogP contribution in [0.5, 0.6) is 0 Å². The highest BCUT2D eigenvalue weighted by atomic mass is 79.9. The van der Waals surface area contributed by atoms with Crippen molar-refractivity contribution >= 4 is 57.8 Å². The number of rotatable bonds is 5. The van der Waals surface area contributed by atoms with Crippen LogP contribution in [-0.2, 0) is 17.1 Å². The van der Waals surface area contributed by atoms with Gasteiger partial charge in [0.2, 0.25) is 5.03 Å². The lowest BCUT2D eigenvalue weighted by Crippen LogP contribution is -2.49. The lowest BCUT2D eigenvalue weighted by atomic mass is 10.1. The molecular weight excluding hydrogens is 444 g/mol. The Hall–Kier alpha value is 0.490. The average Bonchev–Trinajstić information content (AvgIpc) is 2.58. The van der Waals surface area contributed by atoms with E-state index in [1.807, 2.05) is 0 Å². The number of alkyl halides is 2. The van der Waals surface area contributed by atoms with Gasteiger partial charge in [0.05, 0.1) is 0 Å². The number of aryl methyl sites for hydroxylation is 1. The second-order valence-electron chi connectivity index (χ2n) is 3.74. The minimum Gasteiger partial charge on any atom is -0.235 e. The second kappa shape index (κ2) is 5.64. The molecule has 0 aliphatic rings. The molecule has 0 radical (unpaired) electrons. The summed E-state index contributed by atoms with van der Waals surface area (Å²) < 4.78 is 28.4. The Balaban J connectivity index is 3.14. The highest BCUT2D eigenvalue weighted by Gasteiger charge is 2.32. The summed E-state index contributed by atoms with van der Waals surface area (Å²) in [5.74, 6) is 0. The Morgan fingerprint density at radius 2 is 1.94 bits per heavy atom. The van der Waals surface area contributed by atoms with Crippen LogP contribution in [0.3, 0.4) is 0 Å². The molecule has 17 heavy (non-hydrogen) atoms. The molecule has 0 fully saturated rings. The van der Waals surface area contributed by atoms with E-state index < -0.39 is 15.6 Å². The Morgan fingerprint density at radius 1 is 1.41 bits per heavy atom. The van der Waals surface area contributed by atoms with E-state index in [0.717, 1.165) is 0 Å². The van der Waals surface area contributed by atoms with Gasteiger partial charge in [-0.25, -0.2) is 17.8 Å². The first-order chi connectivity index (χ1) is 7.75. The van der Waals surface area contributed by atoms with Crippen molar-refractivity contribution in [3.05, 3.63) is 4.60 Å². The van der Waals surface area contributed by atoms with Crippen LogP contribution in [0, 0.1) is 0 Å². The lowest BCUT2D eigenvalue weighted by molar-refractivity contribution is 0.499. The normalized spacial score (nSPS) is 13.0. The van der Waals surface area contributed by atoms with Gasteiger partial charge in [0.25, 0.3) is 10.0 Å². The van der Waals surface area contributed by atoms with E-state index >= 15 is 0 Å². The van der Waals surface area contributed by atoms with Crippen molar-refractivity contribution in [2.24, 2.45) is 7.05 Å². The quantitative estimate of drug-likeness (QED) is 0.682. The van der Waals surface area contributed by atoms with Crippen molar-refractivity contribution in [3.8, 4) is 0 Å². The average molecular weight is 455 g/mol. The fraction of sp³-hybridized carbons (Fsp3) is 0.714. The Labute approximate surface area is 125 Å². The van der Waals surface area contributed by atoms with E-state index in [9.17, 15) is 8.42 Å². The second-order valence-corrected chi connectivity index (χ2v) is 7.21. The monoisotopic (exact) mass is 452 g/mol. The number of sulfonamides is 1. The number of nitrogens with zero attached hydrogens (tertiary/aromatic N) is 3. The molecule has 98 valence electrons. The summed E-state index contributed by atoms with van der Waals surface area (Å²) in [5.41, 5.74) is -0.622. The number of halogens is 3. The van der Waals surface area contributed by atoms with Gasteiger partial charge in [-0.05, 0) is 22.9 Å². The molecule has 0 saturated heterocycles. The Morgan fingerprint density at radius 3 is 2.29 bits per heavy atom. The van der Waals surface area contributed by atoms with Crippen LogP contribution in [0.2, 0.25) is 0 Å². The third-order valence-electron chi connectivity index (χ3n) is 1.96. The molecule has 1 aromatic rings. The summed E-state index contributed by atoms with van der Waals surface area (Å²) in [7, 11) is -2.16. The van der Waals surface area contributed by atoms with E-state index in [1.54, 1.807) is 6.92 Å². The number of hydrogen-bond acceptors (Lipinski definition) is 4. The molecule has 0 amide bonds. The highest BCUT2D eigenvalue weighted by molar-refractivity contribution is 9.10. The largest absolute Gasteiger partial charge is 0.261 e. The number of aromatic nitrogens is 3. The predicted octanol–water partition coefficient (Wildman–Crippen LogP) is 1.40. The Bertz CT molecular complexity index is 478. The van der Waals surface area contributed by atoms with Gasteiger partial charge in [-0.15, -0.1) is 5.10 Å². The molecule has 0 aliphatic heterocycles. The van der Waals surface area contributed by atoms with Gasteiger partial charge in [0.15, 0.2) is 4.60 Å². The molecule has 0 aliphatic carbocycles. The standard InChI is InChI=1S/C7H11Br3N4O2S/c1-7(3-8,4-9)12-17(15,16)6-5(10)11-13-14(6)2/h12H,3-4H2,1-2H3. The zero-order valence-corrected chi connectivity index (χ0v) is 14.7. The summed E-state index contributed by atoms with van der Waals surface area (Å²) in [5, 5.41) is 8.26. The van der Waals surface area contributed by atoms with Crippen LogP contribution >= 0.6 is 47.8 Å². The van der Waals surface area contributed by atoms with Gasteiger partial charge < -0.3 is 0 Å². The lowest BCUT2D eigenvalue weighted by Gasteiger charge is -2.25. The molecule has 0 saturated carbocycles. The Kier molecular flexibility index (Phi) is 5.16. The van der Waals surface area contributed by atoms with Gasteiger partial charge >= 0.3 is 0 Å². The van der Waals surface area contributed by atoms with Crippen LogP contribution in [0.15, 0.2) is 9.63 Å². The molecule has 0 atom stereocenters. The summed E-state index contributed by atoms with van der Waals surface area (Å²) in [6.45, 7) is 1.78. The topological polar surface area (TPSA) is 76.9 Å². The third-order valence-corrected chi connectivity index (χ3v) is 6.96. The summed E-state index contributed by atoms with van der Waals surface area (Å²) in [4.78, 5) is 0. The predicted molar refractivity (Wildman–Crippen MR) is 75.0 cm³/mol. The van der Waals surface area contributed by atoms with Crippen LogP contribution in [0.25, 0.3) is 0 Å². The molecule has 1 heterocycles. The minimum atomic E-state index is -3.68. The van der Waals surface area contributed by atoms with Gasteiger partial charge in [-0.2, -0.15) is 0 Å². The zero-order chi connectivity index (χ0) is 13.3. The summed E-state index contributed by atoms with van der Waals surface area (Å²) in [6.07, 6.45) is 0. The zero-order valence-electron chi connectivity index (χ0n) is 9.11. The van der Waals surface area contributed by atoms with Gasteiger partial charge in [-0.1, -0.05) is 37.1 Å². The fourth-order valence-corrected chi connectivity index (χ4v) is 5.15. The number of hydrogen-bond donors (Lipinski definition) is 1. The summed E-state index contributed by atoms with van der Waals surface area (Å²) in [6, 6.07) is 0. The molecule has 6 nitrogen and oxygen atoms in total. The van der Waals surface area contributed by atoms with E-state index in [1.165, 1.54) is 11.7 Å². The minimum absolute atomic E-state index is 0.00521. The van der Waals surface area contributed by atoms with E-state index in [2.05, 4.69) is 62.8 Å². The van der Waals surface area contributed by atoms with Crippen LogP contribution in [0.4, 0.5) is 0 Å². The van der Waals surface area contributed by atoms with Crippen molar-refractivity contribution in [3.63, 3.8) is 0 Å². The molecule has 0 bridgehead atoms. The molecule has 0 spiro atoms. The smallest absolute Gasteiger partial charge is 0.235 e. The maximum Gasteiger partial charge on any atom is 0.261 e. The maximum atomic E-state index is 12.2. The van der Waals surface area contributed by atoms with Crippen LogP contribution in [0.1, 0.15) is 6.92 Å². The molecule has 10 heteroatoms. The van der Waals surface area contributed by atoms with Gasteiger partial charge in [0, 0.05) is 23.2 Å². The summed E-state index contributed by atoms with van der Waals surface area (Å²) >= 11 is 9.62. The van der Waals surface area contributed by atoms with Crippen molar-refractivity contribution in [1.29, 1.82) is 0 Å². The molecule has 0 aromatic carbocycles. The SMILES string of the molecule is Cn1nnc(Br)c1S(=O)(=O)NC(C)(CBr)CBr. The van der Waals surface area contributed by atoms with E-state index in [4.69, 9.17) is 0 Å². The van der Waals surface area contributed by atoms with E-state index in [0.29, 0.717) is 10.7 Å². The third kappa shape index (κ3) is 3.49. The van der Waals surface area contributed by atoms with Crippen molar-refractivity contribution < 1.29 is 8.42 Å². The van der Waals surface area contributed by atoms with E-state index in [-0.39, 0.29) is 9.63 Å². The first-order valence-electron chi connectivity index (χ1n) is 4.47. The van der Waals surface area contributed by atoms with Gasteiger partial charge in [-0.3, -0.25) is 0 Å². The van der Waals surface area contributed by atoms with Gasteiger partial charge in [0.1, 0.15) is 0 Å². The molecular formula is C7H11Br3N4O2S. The van der Waals surface area contributed by atoms with Crippen LogP contribution in [-0.4, -0.2) is 39.6 Å². The fourth-order valence-electron chi connectivity index (χ4n) is 1.07. The first-order valence-corrected chi connectivity index (χ1v) is 8.99. The molecule has 1 N–H and O–H groups in total. The number of nitrogens with one attached hydrogen (secondary N) is 1. The molecule has 0 unspecified atom stereocenters.